The van der Waals surface area contributed by atoms with Crippen LogP contribution >= 0.6 is 0 Å². The van der Waals surface area contributed by atoms with Gasteiger partial charge in [-0.1, -0.05) is 30.3 Å². The molecule has 0 aromatic heterocycles. The number of hydrogen-bond donors (Lipinski definition) is 1. The van der Waals surface area contributed by atoms with E-state index >= 15 is 0 Å². The van der Waals surface area contributed by atoms with Crippen molar-refractivity contribution in [2.24, 2.45) is 11.7 Å². The minimum absolute atomic E-state index is 0.0959. The van der Waals surface area contributed by atoms with Crippen LogP contribution in [-0.2, 0) is 16.4 Å². The van der Waals surface area contributed by atoms with Gasteiger partial charge in [-0.15, -0.1) is 0 Å². The molecule has 1 aliphatic heterocycles. The molecule has 0 amide bonds. The van der Waals surface area contributed by atoms with E-state index < -0.39 is 10.0 Å². The summed E-state index contributed by atoms with van der Waals surface area (Å²) in [6, 6.07) is 9.86. The van der Waals surface area contributed by atoms with E-state index in [0.717, 1.165) is 18.4 Å². The van der Waals surface area contributed by atoms with E-state index in [1.807, 2.05) is 37.3 Å². The minimum atomic E-state index is -3.20. The summed E-state index contributed by atoms with van der Waals surface area (Å²) in [5.41, 5.74) is 6.76. The Labute approximate surface area is 122 Å². The van der Waals surface area contributed by atoms with Gasteiger partial charge in [0.15, 0.2) is 0 Å². The number of hydrogen-bond acceptors (Lipinski definition) is 3. The lowest BCUT2D eigenvalue weighted by Gasteiger charge is -2.36. The topological polar surface area (TPSA) is 63.4 Å². The summed E-state index contributed by atoms with van der Waals surface area (Å²) >= 11 is 0. The van der Waals surface area contributed by atoms with Crippen molar-refractivity contribution in [3.05, 3.63) is 35.9 Å². The number of benzene rings is 1. The van der Waals surface area contributed by atoms with E-state index in [1.54, 1.807) is 4.31 Å². The van der Waals surface area contributed by atoms with Crippen LogP contribution in [0.5, 0.6) is 0 Å². The van der Waals surface area contributed by atoms with E-state index in [9.17, 15) is 8.42 Å². The predicted octanol–water partition coefficient (Wildman–Crippen LogP) is 1.62. The van der Waals surface area contributed by atoms with Crippen LogP contribution in [0.1, 0.15) is 25.3 Å². The Balaban J connectivity index is 2.01. The summed E-state index contributed by atoms with van der Waals surface area (Å²) in [5.74, 6) is 0.483. The first-order valence-electron chi connectivity index (χ1n) is 7.26. The van der Waals surface area contributed by atoms with E-state index in [1.165, 1.54) is 0 Å². The first-order chi connectivity index (χ1) is 9.53. The molecule has 1 aromatic rings. The summed E-state index contributed by atoms with van der Waals surface area (Å²) in [7, 11) is -3.20. The SMILES string of the molecule is CC1CCC(CN)CN1S(=O)(=O)CCc1ccccc1. The van der Waals surface area contributed by atoms with Crippen molar-refractivity contribution in [3.63, 3.8) is 0 Å². The highest BCUT2D eigenvalue weighted by atomic mass is 32.2. The molecule has 0 bridgehead atoms. The van der Waals surface area contributed by atoms with Crippen LogP contribution in [0.25, 0.3) is 0 Å². The van der Waals surface area contributed by atoms with Crippen LogP contribution < -0.4 is 5.73 Å². The Morgan fingerprint density at radius 3 is 2.60 bits per heavy atom. The lowest BCUT2D eigenvalue weighted by Crippen LogP contribution is -2.48. The molecule has 1 fully saturated rings. The molecule has 5 heteroatoms. The molecule has 1 saturated heterocycles. The van der Waals surface area contributed by atoms with Crippen molar-refractivity contribution < 1.29 is 8.42 Å². The Bertz CT molecular complexity index is 516. The fourth-order valence-electron chi connectivity index (χ4n) is 2.74. The largest absolute Gasteiger partial charge is 0.330 e. The second-order valence-electron chi connectivity index (χ2n) is 5.65. The van der Waals surface area contributed by atoms with Crippen molar-refractivity contribution in [3.8, 4) is 0 Å². The van der Waals surface area contributed by atoms with Gasteiger partial charge in [-0.2, -0.15) is 4.31 Å². The lowest BCUT2D eigenvalue weighted by atomic mass is 9.96. The van der Waals surface area contributed by atoms with Gasteiger partial charge in [0, 0.05) is 12.6 Å². The molecule has 1 aliphatic rings. The zero-order valence-electron chi connectivity index (χ0n) is 12.0. The van der Waals surface area contributed by atoms with E-state index in [4.69, 9.17) is 5.73 Å². The Morgan fingerprint density at radius 2 is 1.95 bits per heavy atom. The van der Waals surface area contributed by atoms with Crippen molar-refractivity contribution in [1.29, 1.82) is 0 Å². The zero-order valence-corrected chi connectivity index (χ0v) is 12.8. The van der Waals surface area contributed by atoms with Crippen molar-refractivity contribution in [2.45, 2.75) is 32.2 Å². The molecule has 2 rings (SSSR count). The minimum Gasteiger partial charge on any atom is -0.330 e. The highest BCUT2D eigenvalue weighted by Gasteiger charge is 2.32. The number of aryl methyl sites for hydroxylation is 1. The molecular formula is C15H24N2O2S. The maximum absolute atomic E-state index is 12.5. The van der Waals surface area contributed by atoms with Crippen LogP contribution in [0, 0.1) is 5.92 Å². The lowest BCUT2D eigenvalue weighted by molar-refractivity contribution is 0.211. The summed E-state index contributed by atoms with van der Waals surface area (Å²) in [6.45, 7) is 3.14. The van der Waals surface area contributed by atoms with Crippen molar-refractivity contribution in [1.82, 2.24) is 4.31 Å². The van der Waals surface area contributed by atoms with Gasteiger partial charge in [0.1, 0.15) is 0 Å². The van der Waals surface area contributed by atoms with E-state index in [-0.39, 0.29) is 11.8 Å². The second kappa shape index (κ2) is 6.70. The third-order valence-electron chi connectivity index (χ3n) is 4.10. The molecule has 2 atom stereocenters. The maximum Gasteiger partial charge on any atom is 0.214 e. The number of piperidine rings is 1. The van der Waals surface area contributed by atoms with Gasteiger partial charge in [0.25, 0.3) is 0 Å². The quantitative estimate of drug-likeness (QED) is 0.898. The second-order valence-corrected chi connectivity index (χ2v) is 7.69. The van der Waals surface area contributed by atoms with Crippen LogP contribution in [0.3, 0.4) is 0 Å². The predicted molar refractivity (Wildman–Crippen MR) is 81.9 cm³/mol. The average Bonchev–Trinajstić information content (AvgIpc) is 2.47. The third kappa shape index (κ3) is 3.81. The number of rotatable bonds is 5. The highest BCUT2D eigenvalue weighted by molar-refractivity contribution is 7.89. The number of nitrogens with two attached hydrogens (primary N) is 1. The summed E-state index contributed by atoms with van der Waals surface area (Å²) in [5, 5.41) is 0. The molecule has 0 radical (unpaired) electrons. The Morgan fingerprint density at radius 1 is 1.25 bits per heavy atom. The molecule has 4 nitrogen and oxygen atoms in total. The van der Waals surface area contributed by atoms with Gasteiger partial charge in [-0.3, -0.25) is 0 Å². The fraction of sp³-hybridized carbons (Fsp3) is 0.600. The molecule has 20 heavy (non-hydrogen) atoms. The van der Waals surface area contributed by atoms with E-state index in [2.05, 4.69) is 0 Å². The normalized spacial score (nSPS) is 24.7. The first-order valence-corrected chi connectivity index (χ1v) is 8.87. The smallest absolute Gasteiger partial charge is 0.214 e. The maximum atomic E-state index is 12.5. The van der Waals surface area contributed by atoms with Gasteiger partial charge in [0.05, 0.1) is 5.75 Å². The van der Waals surface area contributed by atoms with Crippen molar-refractivity contribution >= 4 is 10.0 Å². The number of sulfonamides is 1. The fourth-order valence-corrected chi connectivity index (χ4v) is 4.56. The summed E-state index contributed by atoms with van der Waals surface area (Å²) < 4.78 is 26.7. The van der Waals surface area contributed by atoms with Gasteiger partial charge in [-0.25, -0.2) is 8.42 Å². The van der Waals surface area contributed by atoms with E-state index in [0.29, 0.717) is 25.4 Å². The summed E-state index contributed by atoms with van der Waals surface area (Å²) in [4.78, 5) is 0. The molecular weight excluding hydrogens is 272 g/mol. The first kappa shape index (κ1) is 15.5. The zero-order chi connectivity index (χ0) is 14.6. The number of nitrogens with zero attached hydrogens (tertiary/aromatic N) is 1. The highest BCUT2D eigenvalue weighted by Crippen LogP contribution is 2.24. The molecule has 112 valence electrons. The van der Waals surface area contributed by atoms with Crippen molar-refractivity contribution in [2.75, 3.05) is 18.8 Å². The molecule has 1 aromatic carbocycles. The molecule has 2 unspecified atom stereocenters. The van der Waals surface area contributed by atoms with Crippen LogP contribution in [0.2, 0.25) is 0 Å². The van der Waals surface area contributed by atoms with Crippen LogP contribution in [-0.4, -0.2) is 37.6 Å². The molecule has 0 saturated carbocycles. The van der Waals surface area contributed by atoms with Gasteiger partial charge in [-0.05, 0) is 44.2 Å². The van der Waals surface area contributed by atoms with Gasteiger partial charge >= 0.3 is 0 Å². The third-order valence-corrected chi connectivity index (χ3v) is 6.05. The molecule has 0 aliphatic carbocycles. The Kier molecular flexibility index (Phi) is 5.18. The monoisotopic (exact) mass is 296 g/mol. The van der Waals surface area contributed by atoms with Crippen LogP contribution in [0.15, 0.2) is 30.3 Å². The Hall–Kier alpha value is -0.910. The molecule has 1 heterocycles. The standard InChI is InChI=1S/C15H24N2O2S/c1-13-7-8-15(11-16)12-17(13)20(18,19)10-9-14-5-3-2-4-6-14/h2-6,13,15H,7-12,16H2,1H3. The molecule has 0 spiro atoms. The average molecular weight is 296 g/mol. The van der Waals surface area contributed by atoms with Gasteiger partial charge < -0.3 is 5.73 Å². The summed E-state index contributed by atoms with van der Waals surface area (Å²) in [6.07, 6.45) is 2.51. The van der Waals surface area contributed by atoms with Gasteiger partial charge in [0.2, 0.25) is 10.0 Å². The molecule has 2 N–H and O–H groups in total. The van der Waals surface area contributed by atoms with Crippen LogP contribution in [0.4, 0.5) is 0 Å².